The second-order valence-electron chi connectivity index (χ2n) is 5.65. The summed E-state index contributed by atoms with van der Waals surface area (Å²) in [6, 6.07) is 10.4. The highest BCUT2D eigenvalue weighted by molar-refractivity contribution is 6.09. The van der Waals surface area contributed by atoms with E-state index in [-0.39, 0.29) is 24.5 Å². The van der Waals surface area contributed by atoms with Crippen molar-refractivity contribution in [3.8, 4) is 0 Å². The van der Waals surface area contributed by atoms with Crippen LogP contribution in [-0.4, -0.2) is 27.9 Å². The molecule has 0 bridgehead atoms. The zero-order valence-corrected chi connectivity index (χ0v) is 13.8. The molecular formula is C19H18N2O4. The fourth-order valence-corrected chi connectivity index (χ4v) is 2.74. The van der Waals surface area contributed by atoms with Gasteiger partial charge in [-0.2, -0.15) is 0 Å². The maximum atomic E-state index is 12.4. The van der Waals surface area contributed by atoms with E-state index in [0.29, 0.717) is 5.56 Å². The van der Waals surface area contributed by atoms with Crippen molar-refractivity contribution in [3.63, 3.8) is 0 Å². The summed E-state index contributed by atoms with van der Waals surface area (Å²) in [6.07, 6.45) is 3.99. The van der Waals surface area contributed by atoms with Gasteiger partial charge in [0.25, 0.3) is 5.56 Å². The van der Waals surface area contributed by atoms with Crippen molar-refractivity contribution in [2.75, 3.05) is 6.61 Å². The van der Waals surface area contributed by atoms with Crippen molar-refractivity contribution in [1.29, 1.82) is 0 Å². The van der Waals surface area contributed by atoms with E-state index in [0.717, 1.165) is 22.9 Å². The number of Topliss-reactive ketones (excluding diaryl/α,β-unsaturated/α-hetero) is 1. The molecule has 1 N–H and O–H groups in total. The normalized spacial score (nSPS) is 10.8. The van der Waals surface area contributed by atoms with Crippen LogP contribution in [0.4, 0.5) is 0 Å². The Kier molecular flexibility index (Phi) is 4.79. The first kappa shape index (κ1) is 16.7. The third-order valence-corrected chi connectivity index (χ3v) is 4.05. The summed E-state index contributed by atoms with van der Waals surface area (Å²) in [5, 5.41) is 0.819. The first-order valence-electron chi connectivity index (χ1n) is 8.03. The summed E-state index contributed by atoms with van der Waals surface area (Å²) in [7, 11) is 0. The molecule has 0 aliphatic heterocycles. The lowest BCUT2D eigenvalue weighted by atomic mass is 10.1. The molecule has 0 amide bonds. The Bertz CT molecular complexity index is 984. The standard InChI is InChI=1S/C19H18N2O4/c1-2-13-6-5-7-14-15(10-20-19(13)14)16(22)12-25-18(24)11-21-9-4-3-8-17(21)23/h3-10,20H,2,11-12H2,1H3. The maximum absolute atomic E-state index is 12.4. The molecule has 0 aliphatic carbocycles. The number of ether oxygens (including phenoxy) is 1. The summed E-state index contributed by atoms with van der Waals surface area (Å²) in [6.45, 7) is 1.47. The molecule has 0 saturated heterocycles. The smallest absolute Gasteiger partial charge is 0.326 e. The molecule has 0 atom stereocenters. The van der Waals surface area contributed by atoms with Crippen molar-refractivity contribution >= 4 is 22.7 Å². The number of esters is 1. The van der Waals surface area contributed by atoms with Crippen molar-refractivity contribution < 1.29 is 14.3 Å². The van der Waals surface area contributed by atoms with Gasteiger partial charge in [0.1, 0.15) is 6.54 Å². The number of nitrogens with zero attached hydrogens (tertiary/aromatic N) is 1. The van der Waals surface area contributed by atoms with Crippen LogP contribution in [0.25, 0.3) is 10.9 Å². The quantitative estimate of drug-likeness (QED) is 0.552. The molecule has 0 fully saturated rings. The lowest BCUT2D eigenvalue weighted by molar-refractivity contribution is -0.143. The van der Waals surface area contributed by atoms with Crippen LogP contribution in [-0.2, 0) is 22.5 Å². The summed E-state index contributed by atoms with van der Waals surface area (Å²) >= 11 is 0. The van der Waals surface area contributed by atoms with Crippen molar-refractivity contribution in [2.45, 2.75) is 19.9 Å². The van der Waals surface area contributed by atoms with Gasteiger partial charge in [-0.1, -0.05) is 31.2 Å². The second-order valence-corrected chi connectivity index (χ2v) is 5.65. The van der Waals surface area contributed by atoms with Gasteiger partial charge in [0, 0.05) is 34.9 Å². The zero-order valence-electron chi connectivity index (χ0n) is 13.8. The lowest BCUT2D eigenvalue weighted by Gasteiger charge is -2.06. The van der Waals surface area contributed by atoms with E-state index >= 15 is 0 Å². The monoisotopic (exact) mass is 338 g/mol. The highest BCUT2D eigenvalue weighted by Crippen LogP contribution is 2.22. The van der Waals surface area contributed by atoms with Gasteiger partial charge < -0.3 is 14.3 Å². The number of H-pyrrole nitrogens is 1. The topological polar surface area (TPSA) is 81.2 Å². The highest BCUT2D eigenvalue weighted by atomic mass is 16.5. The van der Waals surface area contributed by atoms with Crippen LogP contribution in [0.3, 0.4) is 0 Å². The van der Waals surface area contributed by atoms with E-state index in [1.807, 2.05) is 25.1 Å². The van der Waals surface area contributed by atoms with Crippen LogP contribution >= 0.6 is 0 Å². The second kappa shape index (κ2) is 7.17. The molecule has 0 spiro atoms. The third-order valence-electron chi connectivity index (χ3n) is 4.05. The minimum absolute atomic E-state index is 0.221. The van der Waals surface area contributed by atoms with Crippen LogP contribution in [0.5, 0.6) is 0 Å². The Hall–Kier alpha value is -3.15. The molecule has 6 nitrogen and oxygen atoms in total. The van der Waals surface area contributed by atoms with Crippen molar-refractivity contribution in [2.24, 2.45) is 0 Å². The summed E-state index contributed by atoms with van der Waals surface area (Å²) < 4.78 is 6.26. The van der Waals surface area contributed by atoms with Crippen LogP contribution in [0.1, 0.15) is 22.8 Å². The first-order valence-corrected chi connectivity index (χ1v) is 8.03. The number of hydrogen-bond acceptors (Lipinski definition) is 4. The van der Waals surface area contributed by atoms with Crippen LogP contribution in [0.15, 0.2) is 53.6 Å². The van der Waals surface area contributed by atoms with E-state index in [1.54, 1.807) is 18.3 Å². The number of carbonyl (C=O) groups excluding carboxylic acids is 2. The minimum atomic E-state index is -0.629. The van der Waals surface area contributed by atoms with Gasteiger partial charge in [-0.25, -0.2) is 0 Å². The average molecular weight is 338 g/mol. The number of pyridine rings is 1. The molecule has 0 radical (unpaired) electrons. The molecule has 2 aromatic heterocycles. The van der Waals surface area contributed by atoms with Crippen LogP contribution in [0, 0.1) is 0 Å². The van der Waals surface area contributed by atoms with E-state index in [2.05, 4.69) is 4.98 Å². The minimum Gasteiger partial charge on any atom is -0.456 e. The zero-order chi connectivity index (χ0) is 17.8. The Labute approximate surface area is 144 Å². The predicted molar refractivity (Wildman–Crippen MR) is 93.7 cm³/mol. The Morgan fingerprint density at radius 1 is 1.16 bits per heavy atom. The third kappa shape index (κ3) is 3.52. The molecule has 0 unspecified atom stereocenters. The number of hydrogen-bond donors (Lipinski definition) is 1. The Balaban J connectivity index is 1.68. The number of aromatic amines is 1. The fraction of sp³-hybridized carbons (Fsp3) is 0.211. The number of carbonyl (C=O) groups is 2. The Morgan fingerprint density at radius 2 is 2.00 bits per heavy atom. The SMILES string of the molecule is CCc1cccc2c(C(=O)COC(=O)Cn3ccccc3=O)c[nH]c12. The molecule has 25 heavy (non-hydrogen) atoms. The van der Waals surface area contributed by atoms with Gasteiger partial charge >= 0.3 is 5.97 Å². The van der Waals surface area contributed by atoms with Gasteiger partial charge in [-0.05, 0) is 18.1 Å². The fourth-order valence-electron chi connectivity index (χ4n) is 2.74. The van der Waals surface area contributed by atoms with E-state index in [9.17, 15) is 14.4 Å². The number of benzene rings is 1. The van der Waals surface area contributed by atoms with Gasteiger partial charge in [0.05, 0.1) is 0 Å². The number of fused-ring (bicyclic) bond motifs is 1. The number of rotatable bonds is 6. The molecule has 128 valence electrons. The Morgan fingerprint density at radius 3 is 2.76 bits per heavy atom. The van der Waals surface area contributed by atoms with Crippen LogP contribution in [0.2, 0.25) is 0 Å². The molecule has 6 heteroatoms. The highest BCUT2D eigenvalue weighted by Gasteiger charge is 2.15. The summed E-state index contributed by atoms with van der Waals surface area (Å²) in [5.74, 6) is -0.913. The molecule has 3 rings (SSSR count). The number of para-hydroxylation sites is 1. The summed E-state index contributed by atoms with van der Waals surface area (Å²) in [4.78, 5) is 38.9. The predicted octanol–water partition coefficient (Wildman–Crippen LogP) is 2.32. The number of ketones is 1. The van der Waals surface area contributed by atoms with Gasteiger partial charge in [0.2, 0.25) is 5.78 Å². The largest absolute Gasteiger partial charge is 0.456 e. The van der Waals surface area contributed by atoms with Crippen LogP contribution < -0.4 is 5.56 Å². The number of nitrogens with one attached hydrogen (secondary N) is 1. The van der Waals surface area contributed by atoms with E-state index in [4.69, 9.17) is 4.74 Å². The van der Waals surface area contributed by atoms with E-state index < -0.39 is 5.97 Å². The molecule has 0 saturated carbocycles. The number of aryl methyl sites for hydroxylation is 1. The lowest BCUT2D eigenvalue weighted by Crippen LogP contribution is -2.25. The van der Waals surface area contributed by atoms with Gasteiger partial charge in [0.15, 0.2) is 6.61 Å². The molecule has 1 aromatic carbocycles. The molecule has 2 heterocycles. The molecular weight excluding hydrogens is 320 g/mol. The average Bonchev–Trinajstić information content (AvgIpc) is 3.06. The van der Waals surface area contributed by atoms with E-state index in [1.165, 1.54) is 16.8 Å². The molecule has 3 aromatic rings. The first-order chi connectivity index (χ1) is 12.1. The number of aromatic nitrogens is 2. The molecule has 0 aliphatic rings. The maximum Gasteiger partial charge on any atom is 0.326 e. The van der Waals surface area contributed by atoms with Gasteiger partial charge in [-0.15, -0.1) is 0 Å². The van der Waals surface area contributed by atoms with Crippen molar-refractivity contribution in [3.05, 3.63) is 70.3 Å². The summed E-state index contributed by atoms with van der Waals surface area (Å²) in [5.41, 5.74) is 2.25. The van der Waals surface area contributed by atoms with Gasteiger partial charge in [-0.3, -0.25) is 14.4 Å². The van der Waals surface area contributed by atoms with Crippen molar-refractivity contribution in [1.82, 2.24) is 9.55 Å².